The first kappa shape index (κ1) is 14.1. The molecule has 1 aromatic rings. The van der Waals surface area contributed by atoms with Crippen molar-refractivity contribution in [2.24, 2.45) is 11.7 Å². The molecule has 0 spiro atoms. The van der Waals surface area contributed by atoms with Crippen LogP contribution in [0.15, 0.2) is 12.1 Å². The number of fused-ring (bicyclic) bond motifs is 1. The minimum atomic E-state index is -0.732. The molecule has 1 aromatic carbocycles. The van der Waals surface area contributed by atoms with Crippen LogP contribution in [0.2, 0.25) is 0 Å². The number of nitrogens with two attached hydrogens (primary N) is 1. The van der Waals surface area contributed by atoms with E-state index in [-0.39, 0.29) is 17.2 Å². The lowest BCUT2D eigenvalue weighted by Gasteiger charge is -2.61. The minimum Gasteiger partial charge on any atom is -0.507 e. The van der Waals surface area contributed by atoms with E-state index >= 15 is 0 Å². The molecule has 3 aliphatic carbocycles. The van der Waals surface area contributed by atoms with Gasteiger partial charge in [0.25, 0.3) is 5.91 Å². The van der Waals surface area contributed by atoms with Crippen molar-refractivity contribution in [1.29, 1.82) is 0 Å². The Bertz CT molecular complexity index is 652. The molecule has 0 aromatic heterocycles. The summed E-state index contributed by atoms with van der Waals surface area (Å²) in [6.07, 6.45) is 7.61. The van der Waals surface area contributed by atoms with E-state index in [4.69, 9.17) is 5.73 Å². The predicted molar refractivity (Wildman–Crippen MR) is 82.8 cm³/mol. The maximum absolute atomic E-state index is 11.6. The van der Waals surface area contributed by atoms with Crippen molar-refractivity contribution in [3.63, 3.8) is 0 Å². The van der Waals surface area contributed by atoms with Crippen molar-refractivity contribution in [2.45, 2.75) is 62.4 Å². The van der Waals surface area contributed by atoms with E-state index in [1.807, 2.05) is 6.07 Å². The molecule has 0 radical (unpaired) electrons. The first-order valence-corrected chi connectivity index (χ1v) is 8.37. The molecule has 1 amide bonds. The zero-order chi connectivity index (χ0) is 15.5. The molecule has 0 heterocycles. The Morgan fingerprint density at radius 1 is 1.18 bits per heavy atom. The highest BCUT2D eigenvalue weighted by atomic mass is 16.3. The maximum Gasteiger partial charge on any atom is 0.252 e. The zero-order valence-electron chi connectivity index (χ0n) is 12.8. The van der Waals surface area contributed by atoms with Gasteiger partial charge in [0, 0.05) is 11.0 Å². The number of rotatable bonds is 1. The van der Waals surface area contributed by atoms with Gasteiger partial charge in [0.05, 0.1) is 11.2 Å². The van der Waals surface area contributed by atoms with Gasteiger partial charge in [-0.25, -0.2) is 0 Å². The van der Waals surface area contributed by atoms with Crippen LogP contribution in [0.1, 0.15) is 66.4 Å². The number of amides is 1. The second-order valence-electron chi connectivity index (χ2n) is 7.37. The summed E-state index contributed by atoms with van der Waals surface area (Å²) in [5.41, 5.74) is 6.39. The smallest absolute Gasteiger partial charge is 0.252 e. The van der Waals surface area contributed by atoms with Crippen molar-refractivity contribution in [3.8, 4) is 5.75 Å². The molecular weight excluding hydrogens is 278 g/mol. The number of phenols is 1. The van der Waals surface area contributed by atoms with Crippen molar-refractivity contribution in [3.05, 3.63) is 28.8 Å². The SMILES string of the molecule is NC(=O)c1ccc2c(c1O)[C@@]13CCCC[C@@]1(O)[C@H](CCC3)C2. The summed E-state index contributed by atoms with van der Waals surface area (Å²) in [5.74, 6) is -0.312. The average Bonchev–Trinajstić information content (AvgIpc) is 2.46. The van der Waals surface area contributed by atoms with Crippen LogP contribution in [0.3, 0.4) is 0 Å². The van der Waals surface area contributed by atoms with Crippen LogP contribution in [0.4, 0.5) is 0 Å². The van der Waals surface area contributed by atoms with Gasteiger partial charge in [-0.05, 0) is 49.7 Å². The molecule has 4 N–H and O–H groups in total. The van der Waals surface area contributed by atoms with Gasteiger partial charge in [0.2, 0.25) is 0 Å². The fraction of sp³-hybridized carbons (Fsp3) is 0.611. The van der Waals surface area contributed by atoms with Crippen LogP contribution in [0.25, 0.3) is 0 Å². The number of carbonyl (C=O) groups is 1. The molecule has 0 saturated heterocycles. The lowest BCUT2D eigenvalue weighted by molar-refractivity contribution is -0.146. The summed E-state index contributed by atoms with van der Waals surface area (Å²) < 4.78 is 0. The molecule has 0 aliphatic heterocycles. The fourth-order valence-electron chi connectivity index (χ4n) is 5.64. The third-order valence-corrected chi connectivity index (χ3v) is 6.55. The number of aromatic hydroxyl groups is 1. The van der Waals surface area contributed by atoms with E-state index < -0.39 is 16.9 Å². The Kier molecular flexibility index (Phi) is 2.86. The van der Waals surface area contributed by atoms with Crippen LogP contribution in [0, 0.1) is 5.92 Å². The standard InChI is InChI=1S/C18H23NO3/c19-16(21)13-6-5-11-10-12-4-3-8-17(14(11)15(13)20)7-1-2-9-18(12,17)22/h5-6,12,20,22H,1-4,7-10H2,(H2,19,21)/t12-,17+,18-/m1/s1. The van der Waals surface area contributed by atoms with Crippen LogP contribution in [-0.2, 0) is 11.8 Å². The van der Waals surface area contributed by atoms with Crippen LogP contribution in [0.5, 0.6) is 5.75 Å². The molecule has 4 heteroatoms. The van der Waals surface area contributed by atoms with Crippen LogP contribution >= 0.6 is 0 Å². The fourth-order valence-corrected chi connectivity index (χ4v) is 5.64. The van der Waals surface area contributed by atoms with Gasteiger partial charge in [-0.3, -0.25) is 4.79 Å². The van der Waals surface area contributed by atoms with Crippen molar-refractivity contribution in [1.82, 2.24) is 0 Å². The third-order valence-electron chi connectivity index (χ3n) is 6.55. The largest absolute Gasteiger partial charge is 0.507 e. The van der Waals surface area contributed by atoms with Crippen LogP contribution < -0.4 is 5.73 Å². The molecular formula is C18H23NO3. The summed E-state index contributed by atoms with van der Waals surface area (Å²) in [6.45, 7) is 0. The molecule has 2 bridgehead atoms. The lowest BCUT2D eigenvalue weighted by Crippen LogP contribution is -2.63. The van der Waals surface area contributed by atoms with E-state index in [2.05, 4.69) is 0 Å². The van der Waals surface area contributed by atoms with Crippen LogP contribution in [-0.4, -0.2) is 21.7 Å². The van der Waals surface area contributed by atoms with Gasteiger partial charge < -0.3 is 15.9 Å². The molecule has 4 nitrogen and oxygen atoms in total. The molecule has 2 saturated carbocycles. The summed E-state index contributed by atoms with van der Waals surface area (Å²) in [6, 6.07) is 3.57. The highest BCUT2D eigenvalue weighted by Crippen LogP contribution is 2.62. The summed E-state index contributed by atoms with van der Waals surface area (Å²) in [5, 5.41) is 22.3. The highest BCUT2D eigenvalue weighted by Gasteiger charge is 2.62. The molecule has 3 aliphatic rings. The molecule has 22 heavy (non-hydrogen) atoms. The maximum atomic E-state index is 11.6. The minimum absolute atomic E-state index is 0.0191. The van der Waals surface area contributed by atoms with E-state index in [0.29, 0.717) is 0 Å². The van der Waals surface area contributed by atoms with Crippen molar-refractivity contribution < 1.29 is 15.0 Å². The Morgan fingerprint density at radius 2 is 1.91 bits per heavy atom. The number of primary amides is 1. The Morgan fingerprint density at radius 3 is 2.68 bits per heavy atom. The third kappa shape index (κ3) is 1.54. The van der Waals surface area contributed by atoms with Crippen molar-refractivity contribution >= 4 is 5.91 Å². The number of aliphatic hydroxyl groups is 1. The quantitative estimate of drug-likeness (QED) is 0.744. The normalized spacial score (nSPS) is 36.3. The molecule has 2 fully saturated rings. The first-order chi connectivity index (χ1) is 10.5. The van der Waals surface area contributed by atoms with E-state index in [1.54, 1.807) is 6.07 Å². The van der Waals surface area contributed by atoms with Gasteiger partial charge >= 0.3 is 0 Å². The van der Waals surface area contributed by atoms with E-state index in [0.717, 1.165) is 62.5 Å². The van der Waals surface area contributed by atoms with Gasteiger partial charge in [-0.15, -0.1) is 0 Å². The molecule has 118 valence electrons. The summed E-state index contributed by atoms with van der Waals surface area (Å²) in [7, 11) is 0. The number of carbonyl (C=O) groups excluding carboxylic acids is 1. The van der Waals surface area contributed by atoms with Gasteiger partial charge in [0.15, 0.2) is 0 Å². The molecule has 3 atom stereocenters. The average molecular weight is 301 g/mol. The van der Waals surface area contributed by atoms with E-state index in [1.165, 1.54) is 0 Å². The summed E-state index contributed by atoms with van der Waals surface area (Å²) >= 11 is 0. The van der Waals surface area contributed by atoms with Gasteiger partial charge in [0.1, 0.15) is 5.75 Å². The van der Waals surface area contributed by atoms with Crippen molar-refractivity contribution in [2.75, 3.05) is 0 Å². The first-order valence-electron chi connectivity index (χ1n) is 8.37. The van der Waals surface area contributed by atoms with Gasteiger partial charge in [-0.2, -0.15) is 0 Å². The number of benzene rings is 1. The monoisotopic (exact) mass is 301 g/mol. The summed E-state index contributed by atoms with van der Waals surface area (Å²) in [4.78, 5) is 11.6. The Labute approximate surface area is 130 Å². The number of hydrogen-bond donors (Lipinski definition) is 3. The lowest BCUT2D eigenvalue weighted by atomic mass is 9.46. The van der Waals surface area contributed by atoms with Gasteiger partial charge in [-0.1, -0.05) is 25.3 Å². The zero-order valence-corrected chi connectivity index (χ0v) is 12.8. The Balaban J connectivity index is 2.00. The Hall–Kier alpha value is -1.55. The van der Waals surface area contributed by atoms with E-state index in [9.17, 15) is 15.0 Å². The number of hydrogen-bond acceptors (Lipinski definition) is 3. The second-order valence-corrected chi connectivity index (χ2v) is 7.37. The molecule has 0 unspecified atom stereocenters. The second kappa shape index (κ2) is 4.48. The topological polar surface area (TPSA) is 83.6 Å². The molecule has 4 rings (SSSR count). The highest BCUT2D eigenvalue weighted by molar-refractivity contribution is 5.96. The predicted octanol–water partition coefficient (Wildman–Crippen LogP) is 2.39.